The summed E-state index contributed by atoms with van der Waals surface area (Å²) in [6.45, 7) is 0.447. The number of thiophene rings is 1. The van der Waals surface area contributed by atoms with E-state index in [1.807, 2.05) is 42.5 Å². The van der Waals surface area contributed by atoms with Gasteiger partial charge in [-0.25, -0.2) is 4.98 Å². The first kappa shape index (κ1) is 17.3. The summed E-state index contributed by atoms with van der Waals surface area (Å²) in [6, 6.07) is 20.0. The fourth-order valence-corrected chi connectivity index (χ4v) is 5.30. The molecule has 0 saturated heterocycles. The summed E-state index contributed by atoms with van der Waals surface area (Å²) in [5.74, 6) is 0.818. The highest BCUT2D eigenvalue weighted by molar-refractivity contribution is 7.98. The van der Waals surface area contributed by atoms with Crippen molar-refractivity contribution in [3.05, 3.63) is 81.5 Å². The Kier molecular flexibility index (Phi) is 5.34. The van der Waals surface area contributed by atoms with Crippen molar-refractivity contribution in [2.24, 2.45) is 0 Å². The Morgan fingerprint density at radius 2 is 1.88 bits per heavy atom. The SMILES string of the molecule is O=C(NCc1nc2ccccc2s1)c1ccccc1SCc1cccs1. The molecule has 1 N–H and O–H groups in total. The molecule has 0 aliphatic carbocycles. The highest BCUT2D eigenvalue weighted by atomic mass is 32.2. The lowest BCUT2D eigenvalue weighted by molar-refractivity contribution is 0.0948. The lowest BCUT2D eigenvalue weighted by Gasteiger charge is -2.08. The predicted octanol–water partition coefficient (Wildman–Crippen LogP) is 5.58. The fourth-order valence-electron chi connectivity index (χ4n) is 2.57. The molecule has 2 heterocycles. The zero-order valence-corrected chi connectivity index (χ0v) is 16.3. The Morgan fingerprint density at radius 1 is 1.04 bits per heavy atom. The summed E-state index contributed by atoms with van der Waals surface area (Å²) in [5, 5.41) is 6.00. The number of amides is 1. The molecule has 0 saturated carbocycles. The number of nitrogens with zero attached hydrogens (tertiary/aromatic N) is 1. The van der Waals surface area contributed by atoms with E-state index >= 15 is 0 Å². The molecule has 0 atom stereocenters. The van der Waals surface area contributed by atoms with Crippen LogP contribution in [0.15, 0.2) is 70.9 Å². The third kappa shape index (κ3) is 3.98. The lowest BCUT2D eigenvalue weighted by Crippen LogP contribution is -2.23. The van der Waals surface area contributed by atoms with Gasteiger partial charge >= 0.3 is 0 Å². The van der Waals surface area contributed by atoms with Crippen molar-refractivity contribution >= 4 is 50.6 Å². The minimum atomic E-state index is -0.0569. The van der Waals surface area contributed by atoms with Crippen LogP contribution in [0.5, 0.6) is 0 Å². The topological polar surface area (TPSA) is 42.0 Å². The minimum Gasteiger partial charge on any atom is -0.345 e. The van der Waals surface area contributed by atoms with Gasteiger partial charge in [-0.15, -0.1) is 34.4 Å². The molecule has 3 nitrogen and oxygen atoms in total. The van der Waals surface area contributed by atoms with Gasteiger partial charge in [0, 0.05) is 15.5 Å². The van der Waals surface area contributed by atoms with Gasteiger partial charge in [-0.05, 0) is 35.7 Å². The molecule has 4 rings (SSSR count). The lowest BCUT2D eigenvalue weighted by atomic mass is 10.2. The Hall–Kier alpha value is -2.15. The molecule has 4 aromatic rings. The molecule has 130 valence electrons. The molecule has 0 spiro atoms. The number of hydrogen-bond acceptors (Lipinski definition) is 5. The zero-order valence-electron chi connectivity index (χ0n) is 13.8. The summed E-state index contributed by atoms with van der Waals surface area (Å²) in [7, 11) is 0. The first-order chi connectivity index (χ1) is 12.8. The van der Waals surface area contributed by atoms with Crippen LogP contribution in [0.2, 0.25) is 0 Å². The minimum absolute atomic E-state index is 0.0569. The van der Waals surface area contributed by atoms with E-state index in [2.05, 4.69) is 33.9 Å². The molecule has 2 aromatic carbocycles. The van der Waals surface area contributed by atoms with E-state index in [1.165, 1.54) is 4.88 Å². The summed E-state index contributed by atoms with van der Waals surface area (Å²) in [5.41, 5.74) is 1.70. The van der Waals surface area contributed by atoms with Crippen LogP contribution in [0.4, 0.5) is 0 Å². The van der Waals surface area contributed by atoms with E-state index in [0.29, 0.717) is 6.54 Å². The number of rotatable bonds is 6. The Morgan fingerprint density at radius 3 is 2.73 bits per heavy atom. The third-order valence-electron chi connectivity index (χ3n) is 3.82. The predicted molar refractivity (Wildman–Crippen MR) is 111 cm³/mol. The average molecular weight is 397 g/mol. The molecule has 0 radical (unpaired) electrons. The average Bonchev–Trinajstić information content (AvgIpc) is 3.33. The van der Waals surface area contributed by atoms with Crippen LogP contribution < -0.4 is 5.32 Å². The van der Waals surface area contributed by atoms with Gasteiger partial charge in [0.15, 0.2) is 0 Å². The highest BCUT2D eigenvalue weighted by Crippen LogP contribution is 2.28. The van der Waals surface area contributed by atoms with Crippen LogP contribution in [0, 0.1) is 0 Å². The molecule has 2 aromatic heterocycles. The molecule has 1 amide bonds. The smallest absolute Gasteiger partial charge is 0.252 e. The van der Waals surface area contributed by atoms with Gasteiger partial charge in [0.25, 0.3) is 5.91 Å². The maximum Gasteiger partial charge on any atom is 0.252 e. The van der Waals surface area contributed by atoms with Crippen LogP contribution in [0.25, 0.3) is 10.2 Å². The molecule has 0 bridgehead atoms. The van der Waals surface area contributed by atoms with Crippen LogP contribution in [-0.4, -0.2) is 10.9 Å². The summed E-state index contributed by atoms with van der Waals surface area (Å²) in [6.07, 6.45) is 0. The van der Waals surface area contributed by atoms with Gasteiger partial charge in [0.05, 0.1) is 22.3 Å². The van der Waals surface area contributed by atoms with Crippen LogP contribution in [0.1, 0.15) is 20.2 Å². The second-order valence-electron chi connectivity index (χ2n) is 5.62. The molecule has 0 aliphatic rings. The number of thioether (sulfide) groups is 1. The quantitative estimate of drug-likeness (QED) is 0.433. The van der Waals surface area contributed by atoms with Crippen molar-refractivity contribution in [1.29, 1.82) is 0 Å². The van der Waals surface area contributed by atoms with Crippen molar-refractivity contribution in [1.82, 2.24) is 10.3 Å². The molecule has 6 heteroatoms. The van der Waals surface area contributed by atoms with Crippen LogP contribution in [0.3, 0.4) is 0 Å². The number of hydrogen-bond donors (Lipinski definition) is 1. The van der Waals surface area contributed by atoms with Crippen molar-refractivity contribution in [3.8, 4) is 0 Å². The first-order valence-corrected chi connectivity index (χ1v) is 10.8. The Labute approximate surface area is 164 Å². The van der Waals surface area contributed by atoms with E-state index in [-0.39, 0.29) is 5.91 Å². The number of benzene rings is 2. The van der Waals surface area contributed by atoms with Gasteiger partial charge in [-0.3, -0.25) is 4.79 Å². The first-order valence-electron chi connectivity index (χ1n) is 8.16. The second-order valence-corrected chi connectivity index (χ2v) is 8.79. The number of aromatic nitrogens is 1. The highest BCUT2D eigenvalue weighted by Gasteiger charge is 2.12. The van der Waals surface area contributed by atoms with Gasteiger partial charge < -0.3 is 5.32 Å². The van der Waals surface area contributed by atoms with E-state index in [4.69, 9.17) is 0 Å². The summed E-state index contributed by atoms with van der Waals surface area (Å²) < 4.78 is 1.14. The third-order valence-corrected chi connectivity index (χ3v) is 7.04. The summed E-state index contributed by atoms with van der Waals surface area (Å²) in [4.78, 5) is 19.5. The normalized spacial score (nSPS) is 10.9. The van der Waals surface area contributed by atoms with E-state index in [0.717, 1.165) is 31.4 Å². The Balaban J connectivity index is 1.44. The largest absolute Gasteiger partial charge is 0.345 e. The number of nitrogens with one attached hydrogen (secondary N) is 1. The van der Waals surface area contributed by atoms with Gasteiger partial charge in [-0.1, -0.05) is 30.3 Å². The molecule has 0 unspecified atom stereocenters. The van der Waals surface area contributed by atoms with Gasteiger partial charge in [0.2, 0.25) is 0 Å². The second kappa shape index (κ2) is 8.03. The maximum atomic E-state index is 12.7. The van der Waals surface area contributed by atoms with Crippen molar-refractivity contribution < 1.29 is 4.79 Å². The van der Waals surface area contributed by atoms with E-state index < -0.39 is 0 Å². The van der Waals surface area contributed by atoms with Crippen molar-refractivity contribution in [3.63, 3.8) is 0 Å². The Bertz CT molecular complexity index is 991. The van der Waals surface area contributed by atoms with Crippen molar-refractivity contribution in [2.45, 2.75) is 17.2 Å². The monoisotopic (exact) mass is 396 g/mol. The van der Waals surface area contributed by atoms with Crippen LogP contribution in [-0.2, 0) is 12.3 Å². The van der Waals surface area contributed by atoms with E-state index in [1.54, 1.807) is 34.4 Å². The fraction of sp³-hybridized carbons (Fsp3) is 0.100. The molecular formula is C20H16N2OS3. The number of para-hydroxylation sites is 1. The standard InChI is InChI=1S/C20H16N2OS3/c23-20(21-12-19-22-16-8-2-4-10-18(16)26-19)15-7-1-3-9-17(15)25-13-14-6-5-11-24-14/h1-11H,12-13H2,(H,21,23). The molecular weight excluding hydrogens is 380 g/mol. The van der Waals surface area contributed by atoms with Gasteiger partial charge in [0.1, 0.15) is 5.01 Å². The van der Waals surface area contributed by atoms with Gasteiger partial charge in [-0.2, -0.15) is 0 Å². The number of carbonyl (C=O) groups is 1. The van der Waals surface area contributed by atoms with E-state index in [9.17, 15) is 4.79 Å². The summed E-state index contributed by atoms with van der Waals surface area (Å²) >= 11 is 5.05. The molecule has 26 heavy (non-hydrogen) atoms. The number of thiazole rings is 1. The van der Waals surface area contributed by atoms with Crippen LogP contribution >= 0.6 is 34.4 Å². The zero-order chi connectivity index (χ0) is 17.8. The maximum absolute atomic E-state index is 12.7. The van der Waals surface area contributed by atoms with Crippen molar-refractivity contribution in [2.75, 3.05) is 0 Å². The number of fused-ring (bicyclic) bond motifs is 1. The molecule has 0 aliphatic heterocycles. The number of carbonyl (C=O) groups excluding carboxylic acids is 1. The molecule has 0 fully saturated rings.